The molecule has 90 valence electrons. The summed E-state index contributed by atoms with van der Waals surface area (Å²) in [5.41, 5.74) is 0.486. The van der Waals surface area contributed by atoms with Gasteiger partial charge < -0.3 is 8.83 Å². The maximum absolute atomic E-state index is 12.1. The van der Waals surface area contributed by atoms with Crippen LogP contribution in [0, 0.1) is 0 Å². The van der Waals surface area contributed by atoms with E-state index in [0.717, 1.165) is 5.39 Å². The van der Waals surface area contributed by atoms with Crippen LogP contribution in [0.4, 0.5) is 0 Å². The summed E-state index contributed by atoms with van der Waals surface area (Å²) in [4.78, 5) is 12.1. The minimum Gasteiger partial charge on any atom is -0.451 e. The van der Waals surface area contributed by atoms with Gasteiger partial charge in [-0.3, -0.25) is 4.79 Å². The fourth-order valence-corrected chi connectivity index (χ4v) is 2.06. The lowest BCUT2D eigenvalue weighted by atomic mass is 10.2. The van der Waals surface area contributed by atoms with E-state index in [9.17, 15) is 4.79 Å². The Kier molecular flexibility index (Phi) is 2.65. The minimum atomic E-state index is -0.367. The van der Waals surface area contributed by atoms with E-state index in [-0.39, 0.29) is 22.5 Å². The molecule has 2 heterocycles. The highest BCUT2D eigenvalue weighted by atomic mass is 35.5. The van der Waals surface area contributed by atoms with Crippen molar-refractivity contribution < 1.29 is 13.6 Å². The zero-order chi connectivity index (χ0) is 12.7. The molecule has 3 aromatic rings. The number of rotatable bonds is 2. The molecule has 0 aliphatic carbocycles. The van der Waals surface area contributed by atoms with Crippen LogP contribution in [-0.4, -0.2) is 5.78 Å². The van der Waals surface area contributed by atoms with E-state index in [1.165, 1.54) is 12.1 Å². The van der Waals surface area contributed by atoms with Crippen molar-refractivity contribution in [3.05, 3.63) is 58.2 Å². The second kappa shape index (κ2) is 4.19. The molecule has 0 saturated carbocycles. The largest absolute Gasteiger partial charge is 0.451 e. The van der Waals surface area contributed by atoms with E-state index in [1.54, 1.807) is 18.2 Å². The van der Waals surface area contributed by atoms with E-state index < -0.39 is 0 Å². The topological polar surface area (TPSA) is 43.4 Å². The Morgan fingerprint density at radius 2 is 1.83 bits per heavy atom. The summed E-state index contributed by atoms with van der Waals surface area (Å²) < 4.78 is 10.5. The highest BCUT2D eigenvalue weighted by Gasteiger charge is 2.18. The molecular formula is C13H6Cl2O3. The van der Waals surface area contributed by atoms with Crippen LogP contribution in [0.1, 0.15) is 16.3 Å². The van der Waals surface area contributed by atoms with Gasteiger partial charge in [0.2, 0.25) is 0 Å². The number of carbonyl (C=O) groups excluding carboxylic acids is 1. The first-order chi connectivity index (χ1) is 8.65. The number of fused-ring (bicyclic) bond motifs is 1. The highest BCUT2D eigenvalue weighted by molar-refractivity contribution is 6.35. The van der Waals surface area contributed by atoms with Crippen LogP contribution in [0.25, 0.3) is 11.0 Å². The van der Waals surface area contributed by atoms with Crippen LogP contribution >= 0.6 is 23.2 Å². The molecule has 0 spiro atoms. The molecule has 0 amide bonds. The molecule has 2 aromatic heterocycles. The quantitative estimate of drug-likeness (QED) is 0.646. The van der Waals surface area contributed by atoms with Crippen molar-refractivity contribution >= 4 is 40.0 Å². The molecule has 5 heteroatoms. The molecule has 0 atom stereocenters. The van der Waals surface area contributed by atoms with Gasteiger partial charge in [-0.2, -0.15) is 0 Å². The molecule has 0 saturated heterocycles. The average Bonchev–Trinajstić information content (AvgIpc) is 2.95. The van der Waals surface area contributed by atoms with Gasteiger partial charge in [0.05, 0.1) is 5.02 Å². The lowest BCUT2D eigenvalue weighted by molar-refractivity contribution is 0.0985. The number of carbonyl (C=O) groups is 1. The van der Waals surface area contributed by atoms with Crippen LogP contribution in [0.3, 0.4) is 0 Å². The van der Waals surface area contributed by atoms with Crippen molar-refractivity contribution in [3.63, 3.8) is 0 Å². The summed E-state index contributed by atoms with van der Waals surface area (Å²) in [6.45, 7) is 0. The van der Waals surface area contributed by atoms with Gasteiger partial charge in [0.25, 0.3) is 5.78 Å². The summed E-state index contributed by atoms with van der Waals surface area (Å²) in [6, 6.07) is 9.93. The number of ketones is 1. The maximum Gasteiger partial charge on any atom is 0.263 e. The second-order valence-electron chi connectivity index (χ2n) is 3.70. The summed E-state index contributed by atoms with van der Waals surface area (Å²) in [5, 5.41) is 1.39. The Bertz CT molecular complexity index is 740. The normalized spacial score (nSPS) is 11.0. The van der Waals surface area contributed by atoms with Crippen molar-refractivity contribution in [1.82, 2.24) is 0 Å². The van der Waals surface area contributed by atoms with Crippen molar-refractivity contribution in [2.45, 2.75) is 0 Å². The fraction of sp³-hybridized carbons (Fsp3) is 0. The van der Waals surface area contributed by atoms with Gasteiger partial charge in [0, 0.05) is 5.39 Å². The van der Waals surface area contributed by atoms with Crippen molar-refractivity contribution in [2.75, 3.05) is 0 Å². The maximum atomic E-state index is 12.1. The van der Waals surface area contributed by atoms with E-state index >= 15 is 0 Å². The van der Waals surface area contributed by atoms with Crippen LogP contribution in [0.5, 0.6) is 0 Å². The smallest absolute Gasteiger partial charge is 0.263 e. The zero-order valence-electron chi connectivity index (χ0n) is 8.94. The third kappa shape index (κ3) is 1.82. The Balaban J connectivity index is 2.10. The molecule has 1 aromatic carbocycles. The van der Waals surface area contributed by atoms with Crippen LogP contribution in [0.2, 0.25) is 10.2 Å². The Morgan fingerprint density at radius 3 is 2.50 bits per heavy atom. The minimum absolute atomic E-state index is 0.134. The average molecular weight is 281 g/mol. The number of benzene rings is 1. The molecule has 3 rings (SSSR count). The molecule has 0 N–H and O–H groups in total. The van der Waals surface area contributed by atoms with Gasteiger partial charge in [0.15, 0.2) is 22.3 Å². The number of para-hydroxylation sites is 1. The number of hydrogen-bond donors (Lipinski definition) is 0. The van der Waals surface area contributed by atoms with Crippen LogP contribution in [0.15, 0.2) is 45.2 Å². The van der Waals surface area contributed by atoms with Crippen molar-refractivity contribution in [3.8, 4) is 0 Å². The van der Waals surface area contributed by atoms with E-state index in [4.69, 9.17) is 32.0 Å². The molecule has 0 bridgehead atoms. The Hall–Kier alpha value is -1.71. The zero-order valence-corrected chi connectivity index (χ0v) is 10.5. The van der Waals surface area contributed by atoms with Crippen LogP contribution < -0.4 is 0 Å². The fourth-order valence-electron chi connectivity index (χ4n) is 1.70. The van der Waals surface area contributed by atoms with Gasteiger partial charge in [-0.25, -0.2) is 0 Å². The van der Waals surface area contributed by atoms with Crippen molar-refractivity contribution in [1.29, 1.82) is 0 Å². The molecule has 0 unspecified atom stereocenters. The summed E-state index contributed by atoms with van der Waals surface area (Å²) in [6.07, 6.45) is 0. The lowest BCUT2D eigenvalue weighted by Gasteiger charge is -1.91. The first kappa shape index (κ1) is 11.4. The predicted molar refractivity (Wildman–Crippen MR) is 68.4 cm³/mol. The lowest BCUT2D eigenvalue weighted by Crippen LogP contribution is -1.96. The predicted octanol–water partition coefficient (Wildman–Crippen LogP) is 4.56. The van der Waals surface area contributed by atoms with Gasteiger partial charge >= 0.3 is 0 Å². The summed E-state index contributed by atoms with van der Waals surface area (Å²) >= 11 is 11.6. The molecule has 0 radical (unpaired) electrons. The number of halogens is 2. The summed E-state index contributed by atoms with van der Waals surface area (Å²) in [7, 11) is 0. The van der Waals surface area contributed by atoms with Gasteiger partial charge in [0.1, 0.15) is 0 Å². The van der Waals surface area contributed by atoms with E-state index in [2.05, 4.69) is 0 Å². The standard InChI is InChI=1S/C13H6Cl2O3/c14-8-3-1-2-7-6-10(18-13(7)8)12(16)9-4-5-11(15)17-9/h1-6H. The second-order valence-corrected chi connectivity index (χ2v) is 4.48. The first-order valence-electron chi connectivity index (χ1n) is 5.13. The van der Waals surface area contributed by atoms with Gasteiger partial charge in [-0.05, 0) is 35.9 Å². The SMILES string of the molecule is O=C(c1ccc(Cl)o1)c1cc2cccc(Cl)c2o1. The van der Waals surface area contributed by atoms with E-state index in [1.807, 2.05) is 6.07 Å². The Morgan fingerprint density at radius 1 is 1.00 bits per heavy atom. The highest BCUT2D eigenvalue weighted by Crippen LogP contribution is 2.28. The molecule has 3 nitrogen and oxygen atoms in total. The molecular weight excluding hydrogens is 275 g/mol. The number of hydrogen-bond acceptors (Lipinski definition) is 3. The first-order valence-corrected chi connectivity index (χ1v) is 5.89. The molecule has 0 aliphatic rings. The monoisotopic (exact) mass is 280 g/mol. The van der Waals surface area contributed by atoms with Crippen LogP contribution in [-0.2, 0) is 0 Å². The molecule has 18 heavy (non-hydrogen) atoms. The third-order valence-corrected chi connectivity index (χ3v) is 3.02. The molecule has 0 fully saturated rings. The third-order valence-electron chi connectivity index (χ3n) is 2.52. The van der Waals surface area contributed by atoms with Gasteiger partial charge in [-0.15, -0.1) is 0 Å². The van der Waals surface area contributed by atoms with Gasteiger partial charge in [-0.1, -0.05) is 23.7 Å². The van der Waals surface area contributed by atoms with Crippen molar-refractivity contribution in [2.24, 2.45) is 0 Å². The Labute approximate surface area is 112 Å². The molecule has 0 aliphatic heterocycles. The van der Waals surface area contributed by atoms with E-state index in [0.29, 0.717) is 10.6 Å². The summed E-state index contributed by atoms with van der Waals surface area (Å²) in [5.74, 6) is -0.0616. The number of furan rings is 2.